The van der Waals surface area contributed by atoms with Gasteiger partial charge in [0.2, 0.25) is 11.8 Å². The Labute approximate surface area is 194 Å². The van der Waals surface area contributed by atoms with Gasteiger partial charge in [-0.1, -0.05) is 30.3 Å². The Morgan fingerprint density at radius 1 is 1.00 bits per heavy atom. The summed E-state index contributed by atoms with van der Waals surface area (Å²) in [6.45, 7) is 4.57. The van der Waals surface area contributed by atoms with Gasteiger partial charge < -0.3 is 14.5 Å². The smallest absolute Gasteiger partial charge is 0.227 e. The molecule has 2 saturated heterocycles. The van der Waals surface area contributed by atoms with Crippen LogP contribution in [0.15, 0.2) is 48.5 Å². The monoisotopic (exact) mass is 453 g/mol. The van der Waals surface area contributed by atoms with Crippen LogP contribution in [0, 0.1) is 11.7 Å². The summed E-state index contributed by atoms with van der Waals surface area (Å²) in [5, 5.41) is 0. The quantitative estimate of drug-likeness (QED) is 0.675. The number of amides is 2. The molecule has 0 bridgehead atoms. The molecule has 0 spiro atoms. The highest BCUT2D eigenvalue weighted by Gasteiger charge is 2.32. The zero-order valence-corrected chi connectivity index (χ0v) is 19.2. The minimum Gasteiger partial charge on any atom is -0.496 e. The minimum atomic E-state index is -0.275. The normalized spacial score (nSPS) is 19.4. The fraction of sp³-hybridized carbons (Fsp3) is 0.462. The number of benzene rings is 2. The predicted octanol–water partition coefficient (Wildman–Crippen LogP) is 2.96. The van der Waals surface area contributed by atoms with E-state index in [1.165, 1.54) is 12.1 Å². The van der Waals surface area contributed by atoms with Crippen molar-refractivity contribution in [1.82, 2.24) is 14.7 Å². The molecule has 2 fully saturated rings. The van der Waals surface area contributed by atoms with Crippen LogP contribution < -0.4 is 4.74 Å². The van der Waals surface area contributed by atoms with Gasteiger partial charge in [-0.25, -0.2) is 4.39 Å². The topological polar surface area (TPSA) is 53.1 Å². The Balaban J connectivity index is 1.28. The molecule has 1 atom stereocenters. The first-order chi connectivity index (χ1) is 16.0. The highest BCUT2D eigenvalue weighted by atomic mass is 19.1. The van der Waals surface area contributed by atoms with Gasteiger partial charge in [-0.05, 0) is 36.6 Å². The maximum Gasteiger partial charge on any atom is 0.227 e. The Hall–Kier alpha value is -2.93. The summed E-state index contributed by atoms with van der Waals surface area (Å²) in [7, 11) is 1.59. The summed E-state index contributed by atoms with van der Waals surface area (Å²) in [6.07, 6.45) is 2.06. The molecule has 2 aliphatic heterocycles. The summed E-state index contributed by atoms with van der Waals surface area (Å²) in [6, 6.07) is 14.3. The van der Waals surface area contributed by atoms with Crippen molar-refractivity contribution in [3.8, 4) is 5.75 Å². The second kappa shape index (κ2) is 10.8. The average Bonchev–Trinajstić information content (AvgIpc) is 2.85. The Kier molecular flexibility index (Phi) is 7.60. The van der Waals surface area contributed by atoms with Crippen molar-refractivity contribution in [2.24, 2.45) is 5.92 Å². The van der Waals surface area contributed by atoms with Crippen LogP contribution in [-0.2, 0) is 22.6 Å². The Bertz CT molecular complexity index is 961. The second-order valence-corrected chi connectivity index (χ2v) is 8.90. The number of piperazine rings is 1. The van der Waals surface area contributed by atoms with Crippen LogP contribution in [0.3, 0.4) is 0 Å². The van der Waals surface area contributed by atoms with E-state index < -0.39 is 0 Å². The Morgan fingerprint density at radius 3 is 2.48 bits per heavy atom. The molecule has 2 amide bonds. The van der Waals surface area contributed by atoms with Crippen molar-refractivity contribution in [1.29, 1.82) is 0 Å². The van der Waals surface area contributed by atoms with Crippen molar-refractivity contribution in [2.45, 2.75) is 25.8 Å². The van der Waals surface area contributed by atoms with Crippen LogP contribution in [-0.4, -0.2) is 72.9 Å². The van der Waals surface area contributed by atoms with E-state index in [4.69, 9.17) is 4.74 Å². The molecule has 0 aliphatic carbocycles. The lowest BCUT2D eigenvalue weighted by Crippen LogP contribution is -2.52. The van der Waals surface area contributed by atoms with Crippen molar-refractivity contribution < 1.29 is 18.7 Å². The summed E-state index contributed by atoms with van der Waals surface area (Å²) in [5.41, 5.74) is 1.82. The summed E-state index contributed by atoms with van der Waals surface area (Å²) in [4.78, 5) is 32.0. The molecule has 176 valence electrons. The lowest BCUT2D eigenvalue weighted by atomic mass is 9.95. The van der Waals surface area contributed by atoms with E-state index in [9.17, 15) is 14.0 Å². The zero-order valence-electron chi connectivity index (χ0n) is 19.2. The van der Waals surface area contributed by atoms with Crippen molar-refractivity contribution in [3.63, 3.8) is 0 Å². The van der Waals surface area contributed by atoms with E-state index in [0.717, 1.165) is 43.6 Å². The second-order valence-electron chi connectivity index (χ2n) is 8.90. The third kappa shape index (κ3) is 5.90. The Morgan fingerprint density at radius 2 is 1.76 bits per heavy atom. The van der Waals surface area contributed by atoms with Crippen LogP contribution in [0.5, 0.6) is 5.75 Å². The molecule has 0 radical (unpaired) electrons. The van der Waals surface area contributed by atoms with E-state index in [1.807, 2.05) is 40.1 Å². The van der Waals surface area contributed by atoms with Crippen molar-refractivity contribution in [2.75, 3.05) is 46.4 Å². The maximum absolute atomic E-state index is 13.7. The average molecular weight is 454 g/mol. The molecule has 2 aromatic rings. The molecule has 0 N–H and O–H groups in total. The molecular formula is C26H32FN3O3. The number of hydrogen-bond donors (Lipinski definition) is 0. The van der Waals surface area contributed by atoms with Gasteiger partial charge in [-0.15, -0.1) is 0 Å². The number of carbonyl (C=O) groups excluding carboxylic acids is 2. The van der Waals surface area contributed by atoms with E-state index in [0.29, 0.717) is 38.3 Å². The summed E-state index contributed by atoms with van der Waals surface area (Å²) < 4.78 is 19.0. The molecule has 2 aliphatic rings. The number of piperidine rings is 1. The molecule has 4 rings (SSSR count). The van der Waals surface area contributed by atoms with Gasteiger partial charge >= 0.3 is 0 Å². The van der Waals surface area contributed by atoms with Crippen LogP contribution in [0.2, 0.25) is 0 Å². The number of methoxy groups -OCH3 is 1. The van der Waals surface area contributed by atoms with Crippen LogP contribution in [0.4, 0.5) is 4.39 Å². The first-order valence-corrected chi connectivity index (χ1v) is 11.7. The lowest BCUT2D eigenvalue weighted by molar-refractivity contribution is -0.142. The highest BCUT2D eigenvalue weighted by molar-refractivity contribution is 5.82. The van der Waals surface area contributed by atoms with Crippen LogP contribution in [0.1, 0.15) is 24.0 Å². The number of ether oxygens (including phenoxy) is 1. The van der Waals surface area contributed by atoms with E-state index >= 15 is 0 Å². The van der Waals surface area contributed by atoms with Gasteiger partial charge in [-0.2, -0.15) is 0 Å². The van der Waals surface area contributed by atoms with Gasteiger partial charge in [0.25, 0.3) is 0 Å². The predicted molar refractivity (Wildman–Crippen MR) is 124 cm³/mol. The minimum absolute atomic E-state index is 0.0903. The van der Waals surface area contributed by atoms with Gasteiger partial charge in [0.05, 0.1) is 19.4 Å². The molecule has 0 aromatic heterocycles. The highest BCUT2D eigenvalue weighted by Crippen LogP contribution is 2.23. The third-order valence-electron chi connectivity index (χ3n) is 6.64. The number of carbonyl (C=O) groups is 2. The summed E-state index contributed by atoms with van der Waals surface area (Å²) in [5.74, 6) is 0.511. The van der Waals surface area contributed by atoms with Gasteiger partial charge in [-0.3, -0.25) is 14.5 Å². The fourth-order valence-electron chi connectivity index (χ4n) is 4.78. The number of halogens is 1. The molecule has 2 aromatic carbocycles. The fourth-order valence-corrected chi connectivity index (χ4v) is 4.78. The lowest BCUT2D eigenvalue weighted by Gasteiger charge is -2.39. The van der Waals surface area contributed by atoms with Crippen molar-refractivity contribution >= 4 is 11.8 Å². The maximum atomic E-state index is 13.7. The van der Waals surface area contributed by atoms with Crippen LogP contribution >= 0.6 is 0 Å². The van der Waals surface area contributed by atoms with E-state index in [-0.39, 0.29) is 23.5 Å². The van der Waals surface area contributed by atoms with Gasteiger partial charge in [0.1, 0.15) is 11.6 Å². The molecule has 2 heterocycles. The van der Waals surface area contributed by atoms with Crippen molar-refractivity contribution in [3.05, 3.63) is 65.5 Å². The number of hydrogen-bond acceptors (Lipinski definition) is 4. The zero-order chi connectivity index (χ0) is 23.2. The number of nitrogens with zero attached hydrogens (tertiary/aromatic N) is 3. The first kappa shape index (κ1) is 23.2. The molecule has 0 saturated carbocycles. The number of likely N-dealkylation sites (tertiary alicyclic amines) is 1. The largest absolute Gasteiger partial charge is 0.496 e. The first-order valence-electron chi connectivity index (χ1n) is 11.7. The summed E-state index contributed by atoms with van der Waals surface area (Å²) >= 11 is 0. The molecule has 7 heteroatoms. The van der Waals surface area contributed by atoms with E-state index in [1.54, 1.807) is 13.2 Å². The van der Waals surface area contributed by atoms with Gasteiger partial charge in [0.15, 0.2) is 0 Å². The molecule has 6 nitrogen and oxygen atoms in total. The van der Waals surface area contributed by atoms with Crippen LogP contribution in [0.25, 0.3) is 0 Å². The third-order valence-corrected chi connectivity index (χ3v) is 6.64. The molecular weight excluding hydrogens is 421 g/mol. The van der Waals surface area contributed by atoms with E-state index in [2.05, 4.69) is 4.90 Å². The standard InChI is InChI=1S/C26H32FN3O3/c1-33-24-10-9-23(27)17-22(24)18-28-12-14-29(15-13-28)26(32)21-8-5-11-30(19-21)25(31)16-20-6-3-2-4-7-20/h2-4,6-7,9-10,17,21H,5,8,11-16,18-19H2,1H3. The molecule has 1 unspecified atom stereocenters. The SMILES string of the molecule is COc1ccc(F)cc1CN1CCN(C(=O)C2CCCN(C(=O)Cc3ccccc3)C2)CC1. The number of rotatable bonds is 6. The molecule has 33 heavy (non-hydrogen) atoms. The van der Waals surface area contributed by atoms with Gasteiger partial charge in [0, 0.05) is 51.4 Å².